The number of aliphatic carboxylic acids is 1. The fraction of sp³-hybridized carbons (Fsp3) is 0.267. The zero-order valence-corrected chi connectivity index (χ0v) is 12.3. The van der Waals surface area contributed by atoms with Crippen LogP contribution in [-0.2, 0) is 16.1 Å². The topological polar surface area (TPSA) is 83.6 Å². The molecule has 6 nitrogen and oxygen atoms in total. The summed E-state index contributed by atoms with van der Waals surface area (Å²) in [6.45, 7) is 0.425. The average Bonchev–Trinajstić information content (AvgIpc) is 3.08. The number of amides is 1. The molecule has 0 spiro atoms. The lowest BCUT2D eigenvalue weighted by molar-refractivity contribution is -0.141. The van der Waals surface area contributed by atoms with Crippen molar-refractivity contribution in [3.63, 3.8) is 0 Å². The first-order valence-corrected chi connectivity index (χ1v) is 7.13. The monoisotopic (exact) mass is 320 g/mol. The summed E-state index contributed by atoms with van der Waals surface area (Å²) >= 11 is 5.84. The fourth-order valence-corrected chi connectivity index (χ4v) is 2.55. The summed E-state index contributed by atoms with van der Waals surface area (Å²) in [7, 11) is 0. The van der Waals surface area contributed by atoms with E-state index in [9.17, 15) is 9.59 Å². The highest BCUT2D eigenvalue weighted by molar-refractivity contribution is 6.30. The number of halogens is 1. The summed E-state index contributed by atoms with van der Waals surface area (Å²) in [6.07, 6.45) is 0.0352. The first-order valence-electron chi connectivity index (χ1n) is 6.75. The summed E-state index contributed by atoms with van der Waals surface area (Å²) in [4.78, 5) is 24.2. The van der Waals surface area contributed by atoms with Crippen LogP contribution in [0.1, 0.15) is 12.2 Å². The van der Waals surface area contributed by atoms with Gasteiger partial charge in [-0.1, -0.05) is 28.9 Å². The van der Waals surface area contributed by atoms with E-state index in [0.717, 1.165) is 5.56 Å². The molecule has 2 aromatic rings. The van der Waals surface area contributed by atoms with E-state index in [-0.39, 0.29) is 25.4 Å². The van der Waals surface area contributed by atoms with Gasteiger partial charge in [-0.3, -0.25) is 9.59 Å². The van der Waals surface area contributed by atoms with E-state index in [4.69, 9.17) is 21.2 Å². The molecular weight excluding hydrogens is 308 g/mol. The predicted octanol–water partition coefficient (Wildman–Crippen LogP) is 2.43. The molecule has 1 fully saturated rings. The van der Waals surface area contributed by atoms with Crippen molar-refractivity contribution in [2.24, 2.45) is 5.92 Å². The number of likely N-dealkylation sites (tertiary alicyclic amines) is 1. The Hall–Kier alpha value is -2.34. The fourth-order valence-electron chi connectivity index (χ4n) is 2.42. The summed E-state index contributed by atoms with van der Waals surface area (Å²) in [6, 6.07) is 8.90. The van der Waals surface area contributed by atoms with Crippen molar-refractivity contribution in [2.45, 2.75) is 13.0 Å². The van der Waals surface area contributed by atoms with Crippen molar-refractivity contribution in [1.82, 2.24) is 10.1 Å². The van der Waals surface area contributed by atoms with Crippen LogP contribution in [0, 0.1) is 5.92 Å². The van der Waals surface area contributed by atoms with Gasteiger partial charge in [0.2, 0.25) is 5.91 Å². The normalized spacial score (nSPS) is 18.0. The molecule has 0 radical (unpaired) electrons. The lowest BCUT2D eigenvalue weighted by atomic mass is 10.1. The zero-order chi connectivity index (χ0) is 15.7. The van der Waals surface area contributed by atoms with Gasteiger partial charge in [0.05, 0.1) is 12.5 Å². The standard InChI is InChI=1S/C15H13ClN2O4/c16-11-3-1-9(2-4-11)13-6-12(22-17-13)8-18-7-10(15(20)21)5-14(18)19/h1-4,6,10H,5,7-8H2,(H,20,21)/t10-/m1/s1. The van der Waals surface area contributed by atoms with Gasteiger partial charge >= 0.3 is 5.97 Å². The second-order valence-corrected chi connectivity index (χ2v) is 5.64. The number of hydrogen-bond donors (Lipinski definition) is 1. The van der Waals surface area contributed by atoms with Crippen molar-refractivity contribution >= 4 is 23.5 Å². The largest absolute Gasteiger partial charge is 0.481 e. The van der Waals surface area contributed by atoms with Crippen molar-refractivity contribution < 1.29 is 19.2 Å². The molecule has 0 bridgehead atoms. The highest BCUT2D eigenvalue weighted by Gasteiger charge is 2.34. The van der Waals surface area contributed by atoms with Crippen molar-refractivity contribution in [3.05, 3.63) is 41.1 Å². The Bertz CT molecular complexity index is 711. The van der Waals surface area contributed by atoms with Crippen LogP contribution in [0.3, 0.4) is 0 Å². The van der Waals surface area contributed by atoms with E-state index in [2.05, 4.69) is 5.16 Å². The number of carbonyl (C=O) groups excluding carboxylic acids is 1. The van der Waals surface area contributed by atoms with Crippen LogP contribution in [-0.4, -0.2) is 33.6 Å². The zero-order valence-electron chi connectivity index (χ0n) is 11.5. The van der Waals surface area contributed by atoms with Gasteiger partial charge < -0.3 is 14.5 Å². The smallest absolute Gasteiger partial charge is 0.308 e. The minimum atomic E-state index is -0.949. The van der Waals surface area contributed by atoms with Gasteiger partial charge in [0.15, 0.2) is 5.76 Å². The van der Waals surface area contributed by atoms with Crippen LogP contribution in [0.4, 0.5) is 0 Å². The molecule has 1 saturated heterocycles. The number of carboxylic acids is 1. The molecule has 0 unspecified atom stereocenters. The molecule has 0 aliphatic carbocycles. The molecule has 114 valence electrons. The van der Waals surface area contributed by atoms with E-state index in [0.29, 0.717) is 16.5 Å². The number of aromatic nitrogens is 1. The summed E-state index contributed by atoms with van der Waals surface area (Å²) < 4.78 is 5.23. The molecular formula is C15H13ClN2O4. The highest BCUT2D eigenvalue weighted by Crippen LogP contribution is 2.24. The average molecular weight is 321 g/mol. The minimum absolute atomic E-state index is 0.0352. The van der Waals surface area contributed by atoms with E-state index in [1.54, 1.807) is 18.2 Å². The highest BCUT2D eigenvalue weighted by atomic mass is 35.5. The van der Waals surface area contributed by atoms with Gasteiger partial charge in [0.1, 0.15) is 5.69 Å². The van der Waals surface area contributed by atoms with Crippen LogP contribution in [0.25, 0.3) is 11.3 Å². The van der Waals surface area contributed by atoms with Crippen LogP contribution in [0.15, 0.2) is 34.9 Å². The lowest BCUT2D eigenvalue weighted by Crippen LogP contribution is -2.25. The molecule has 2 heterocycles. The van der Waals surface area contributed by atoms with E-state index >= 15 is 0 Å². The van der Waals surface area contributed by atoms with Crippen molar-refractivity contribution in [3.8, 4) is 11.3 Å². The Labute approximate surface area is 131 Å². The summed E-state index contributed by atoms with van der Waals surface area (Å²) in [5.41, 5.74) is 1.50. The Balaban J connectivity index is 1.71. The first kappa shape index (κ1) is 14.6. The number of carboxylic acid groups (broad SMARTS) is 1. The molecule has 1 amide bonds. The molecule has 7 heteroatoms. The lowest BCUT2D eigenvalue weighted by Gasteiger charge is -2.13. The molecule has 22 heavy (non-hydrogen) atoms. The maximum absolute atomic E-state index is 11.8. The van der Waals surface area contributed by atoms with Gasteiger partial charge in [-0.05, 0) is 12.1 Å². The molecule has 1 atom stereocenters. The SMILES string of the molecule is O=C(O)[C@@H]1CC(=O)N(Cc2cc(-c3ccc(Cl)cc3)no2)C1. The number of benzene rings is 1. The summed E-state index contributed by atoms with van der Waals surface area (Å²) in [5.74, 6) is -1.26. The molecule has 1 aliphatic heterocycles. The molecule has 3 rings (SSSR count). The number of nitrogens with zero attached hydrogens (tertiary/aromatic N) is 2. The van der Waals surface area contributed by atoms with E-state index in [1.807, 2.05) is 12.1 Å². The first-order chi connectivity index (χ1) is 10.5. The van der Waals surface area contributed by atoms with Crippen LogP contribution >= 0.6 is 11.6 Å². The van der Waals surface area contributed by atoms with Crippen molar-refractivity contribution in [2.75, 3.05) is 6.54 Å². The van der Waals surface area contributed by atoms with Gasteiger partial charge in [-0.25, -0.2) is 0 Å². The molecule has 1 aromatic heterocycles. The number of rotatable bonds is 4. The maximum atomic E-state index is 11.8. The minimum Gasteiger partial charge on any atom is -0.481 e. The van der Waals surface area contributed by atoms with Crippen LogP contribution in [0.2, 0.25) is 5.02 Å². The predicted molar refractivity (Wildman–Crippen MR) is 78.1 cm³/mol. The third-order valence-corrected chi connectivity index (χ3v) is 3.86. The molecule has 1 aromatic carbocycles. The van der Waals surface area contributed by atoms with E-state index < -0.39 is 11.9 Å². The Morgan fingerprint density at radius 2 is 2.14 bits per heavy atom. The Kier molecular flexibility index (Phi) is 3.85. The third-order valence-electron chi connectivity index (χ3n) is 3.61. The quantitative estimate of drug-likeness (QED) is 0.935. The summed E-state index contributed by atoms with van der Waals surface area (Å²) in [5, 5.41) is 13.6. The molecule has 1 aliphatic rings. The van der Waals surface area contributed by atoms with Gasteiger partial charge in [0.25, 0.3) is 0 Å². The van der Waals surface area contributed by atoms with Gasteiger partial charge in [-0.2, -0.15) is 0 Å². The second kappa shape index (κ2) is 5.81. The van der Waals surface area contributed by atoms with Crippen molar-refractivity contribution in [1.29, 1.82) is 0 Å². The molecule has 0 saturated carbocycles. The Morgan fingerprint density at radius 1 is 1.41 bits per heavy atom. The third kappa shape index (κ3) is 2.96. The van der Waals surface area contributed by atoms with Crippen LogP contribution < -0.4 is 0 Å². The van der Waals surface area contributed by atoms with Crippen LogP contribution in [0.5, 0.6) is 0 Å². The van der Waals surface area contributed by atoms with Gasteiger partial charge in [-0.15, -0.1) is 0 Å². The number of hydrogen-bond acceptors (Lipinski definition) is 4. The van der Waals surface area contributed by atoms with E-state index in [1.165, 1.54) is 4.90 Å². The second-order valence-electron chi connectivity index (χ2n) is 5.20. The molecule has 1 N–H and O–H groups in total. The van der Waals surface area contributed by atoms with Gasteiger partial charge in [0, 0.05) is 29.6 Å². The number of carbonyl (C=O) groups is 2. The Morgan fingerprint density at radius 3 is 2.77 bits per heavy atom. The maximum Gasteiger partial charge on any atom is 0.308 e.